The molecule has 1 heterocycles. The summed E-state index contributed by atoms with van der Waals surface area (Å²) in [5.74, 6) is 5.78. The molecule has 4 nitrogen and oxygen atoms in total. The van der Waals surface area contributed by atoms with E-state index >= 15 is 0 Å². The van der Waals surface area contributed by atoms with Crippen molar-refractivity contribution >= 4 is 5.91 Å². The molecule has 0 spiro atoms. The highest BCUT2D eigenvalue weighted by atomic mass is 16.2. The number of piperidine rings is 1. The summed E-state index contributed by atoms with van der Waals surface area (Å²) < 4.78 is 0. The first-order chi connectivity index (χ1) is 6.63. The molecule has 14 heavy (non-hydrogen) atoms. The zero-order chi connectivity index (χ0) is 10.6. The minimum absolute atomic E-state index is 0.0733. The van der Waals surface area contributed by atoms with Crippen LogP contribution in [-0.4, -0.2) is 29.9 Å². The predicted molar refractivity (Wildman–Crippen MR) is 56.4 cm³/mol. The lowest BCUT2D eigenvalue weighted by atomic mass is 9.93. The SMILES string of the molecule is CC1CCN(CCC(=O)NN)C(C)C1. The number of carbonyl (C=O) groups excluding carboxylic acids is 1. The second-order valence-corrected chi connectivity index (χ2v) is 4.33. The summed E-state index contributed by atoms with van der Waals surface area (Å²) in [5.41, 5.74) is 2.16. The minimum Gasteiger partial charge on any atom is -0.300 e. The zero-order valence-electron chi connectivity index (χ0n) is 9.12. The van der Waals surface area contributed by atoms with E-state index in [-0.39, 0.29) is 5.91 Å². The van der Waals surface area contributed by atoms with Crippen LogP contribution in [0.4, 0.5) is 0 Å². The van der Waals surface area contributed by atoms with Crippen LogP contribution in [0.15, 0.2) is 0 Å². The van der Waals surface area contributed by atoms with Gasteiger partial charge in [-0.1, -0.05) is 6.92 Å². The minimum atomic E-state index is -0.0733. The Morgan fingerprint density at radius 1 is 1.57 bits per heavy atom. The highest BCUT2D eigenvalue weighted by Crippen LogP contribution is 2.21. The van der Waals surface area contributed by atoms with Gasteiger partial charge in [0.15, 0.2) is 0 Å². The smallest absolute Gasteiger partial charge is 0.235 e. The number of hydrogen-bond acceptors (Lipinski definition) is 3. The number of hydrogen-bond donors (Lipinski definition) is 2. The fraction of sp³-hybridized carbons (Fsp3) is 0.900. The second-order valence-electron chi connectivity index (χ2n) is 4.33. The number of carbonyl (C=O) groups is 1. The van der Waals surface area contributed by atoms with Gasteiger partial charge in [-0.05, 0) is 32.2 Å². The first-order valence-corrected chi connectivity index (χ1v) is 5.37. The quantitative estimate of drug-likeness (QED) is 0.395. The first-order valence-electron chi connectivity index (χ1n) is 5.37. The molecule has 3 N–H and O–H groups in total. The van der Waals surface area contributed by atoms with Crippen LogP contribution in [0.3, 0.4) is 0 Å². The zero-order valence-corrected chi connectivity index (χ0v) is 9.12. The van der Waals surface area contributed by atoms with E-state index in [9.17, 15) is 4.79 Å². The third-order valence-corrected chi connectivity index (χ3v) is 3.06. The third-order valence-electron chi connectivity index (χ3n) is 3.06. The maximum Gasteiger partial charge on any atom is 0.235 e. The van der Waals surface area contributed by atoms with Gasteiger partial charge in [-0.15, -0.1) is 0 Å². The van der Waals surface area contributed by atoms with Gasteiger partial charge < -0.3 is 4.90 Å². The van der Waals surface area contributed by atoms with Crippen molar-refractivity contribution in [2.45, 2.75) is 39.2 Å². The van der Waals surface area contributed by atoms with Crippen LogP contribution in [0, 0.1) is 5.92 Å². The summed E-state index contributed by atoms with van der Waals surface area (Å²) in [4.78, 5) is 13.3. The van der Waals surface area contributed by atoms with Gasteiger partial charge in [0.2, 0.25) is 5.91 Å². The van der Waals surface area contributed by atoms with Crippen molar-refractivity contribution in [3.05, 3.63) is 0 Å². The van der Waals surface area contributed by atoms with E-state index in [0.29, 0.717) is 12.5 Å². The molecule has 2 atom stereocenters. The maximum atomic E-state index is 11.0. The van der Waals surface area contributed by atoms with Gasteiger partial charge in [0.25, 0.3) is 0 Å². The molecule has 0 aromatic heterocycles. The predicted octanol–water partition coefficient (Wildman–Crippen LogP) is 0.487. The highest BCUT2D eigenvalue weighted by molar-refractivity contribution is 5.75. The van der Waals surface area contributed by atoms with Gasteiger partial charge in [-0.25, -0.2) is 5.84 Å². The van der Waals surface area contributed by atoms with Gasteiger partial charge >= 0.3 is 0 Å². The number of hydrazine groups is 1. The van der Waals surface area contributed by atoms with E-state index in [0.717, 1.165) is 19.0 Å². The number of rotatable bonds is 3. The van der Waals surface area contributed by atoms with Crippen LogP contribution >= 0.6 is 0 Å². The van der Waals surface area contributed by atoms with Crippen molar-refractivity contribution in [2.24, 2.45) is 11.8 Å². The van der Waals surface area contributed by atoms with E-state index in [1.165, 1.54) is 12.8 Å². The number of nitrogens with one attached hydrogen (secondary N) is 1. The van der Waals surface area contributed by atoms with Gasteiger partial charge in [0, 0.05) is 19.0 Å². The van der Waals surface area contributed by atoms with E-state index in [1.807, 2.05) is 0 Å². The lowest BCUT2D eigenvalue weighted by Gasteiger charge is -2.36. The summed E-state index contributed by atoms with van der Waals surface area (Å²) in [7, 11) is 0. The molecule has 0 aromatic rings. The van der Waals surface area contributed by atoms with Gasteiger partial charge in [-0.3, -0.25) is 10.2 Å². The molecular formula is C10H21N3O. The molecule has 0 aromatic carbocycles. The molecule has 0 radical (unpaired) electrons. The lowest BCUT2D eigenvalue weighted by Crippen LogP contribution is -2.42. The molecule has 2 unspecified atom stereocenters. The summed E-state index contributed by atoms with van der Waals surface area (Å²) in [6.07, 6.45) is 2.99. The van der Waals surface area contributed by atoms with E-state index < -0.39 is 0 Å². The Morgan fingerprint density at radius 2 is 2.29 bits per heavy atom. The van der Waals surface area contributed by atoms with Crippen molar-refractivity contribution in [3.63, 3.8) is 0 Å². The second kappa shape index (κ2) is 5.32. The number of amides is 1. The first kappa shape index (κ1) is 11.5. The molecule has 1 aliphatic rings. The third kappa shape index (κ3) is 3.27. The molecule has 1 saturated heterocycles. The number of likely N-dealkylation sites (tertiary alicyclic amines) is 1. The normalized spacial score (nSPS) is 28.8. The average Bonchev–Trinajstić information content (AvgIpc) is 2.16. The Hall–Kier alpha value is -0.610. The van der Waals surface area contributed by atoms with Crippen molar-refractivity contribution in [2.75, 3.05) is 13.1 Å². The Morgan fingerprint density at radius 3 is 2.86 bits per heavy atom. The number of nitrogens with two attached hydrogens (primary N) is 1. The van der Waals surface area contributed by atoms with Gasteiger partial charge in [0.05, 0.1) is 0 Å². The average molecular weight is 199 g/mol. The summed E-state index contributed by atoms with van der Waals surface area (Å²) in [6, 6.07) is 0.601. The van der Waals surface area contributed by atoms with Crippen LogP contribution in [0.1, 0.15) is 33.1 Å². The fourth-order valence-electron chi connectivity index (χ4n) is 2.11. The van der Waals surface area contributed by atoms with Crippen LogP contribution in [0.2, 0.25) is 0 Å². The van der Waals surface area contributed by atoms with E-state index in [4.69, 9.17) is 5.84 Å². The van der Waals surface area contributed by atoms with Gasteiger partial charge in [0.1, 0.15) is 0 Å². The Bertz CT molecular complexity index is 196. The molecule has 1 aliphatic heterocycles. The van der Waals surface area contributed by atoms with Crippen LogP contribution in [0.5, 0.6) is 0 Å². The van der Waals surface area contributed by atoms with Crippen LogP contribution in [-0.2, 0) is 4.79 Å². The fourth-order valence-corrected chi connectivity index (χ4v) is 2.11. The van der Waals surface area contributed by atoms with E-state index in [1.54, 1.807) is 0 Å². The maximum absolute atomic E-state index is 11.0. The molecule has 1 amide bonds. The summed E-state index contributed by atoms with van der Waals surface area (Å²) in [5, 5.41) is 0. The Kier molecular flexibility index (Phi) is 4.35. The number of nitrogens with zero attached hydrogens (tertiary/aromatic N) is 1. The van der Waals surface area contributed by atoms with Crippen LogP contribution in [0.25, 0.3) is 0 Å². The van der Waals surface area contributed by atoms with Gasteiger partial charge in [-0.2, -0.15) is 0 Å². The molecule has 82 valence electrons. The lowest BCUT2D eigenvalue weighted by molar-refractivity contribution is -0.121. The molecule has 1 rings (SSSR count). The van der Waals surface area contributed by atoms with Crippen molar-refractivity contribution in [1.29, 1.82) is 0 Å². The Labute approximate surface area is 85.8 Å². The van der Waals surface area contributed by atoms with Crippen LogP contribution < -0.4 is 11.3 Å². The highest BCUT2D eigenvalue weighted by Gasteiger charge is 2.22. The molecule has 0 aliphatic carbocycles. The summed E-state index contributed by atoms with van der Waals surface area (Å²) >= 11 is 0. The van der Waals surface area contributed by atoms with E-state index in [2.05, 4.69) is 24.2 Å². The molecule has 0 bridgehead atoms. The largest absolute Gasteiger partial charge is 0.300 e. The molecular weight excluding hydrogens is 178 g/mol. The molecule has 0 saturated carbocycles. The topological polar surface area (TPSA) is 58.4 Å². The summed E-state index contributed by atoms with van der Waals surface area (Å²) in [6.45, 7) is 6.47. The monoisotopic (exact) mass is 199 g/mol. The van der Waals surface area contributed by atoms with Crippen molar-refractivity contribution < 1.29 is 4.79 Å². The molecule has 4 heteroatoms. The molecule has 1 fully saturated rings. The van der Waals surface area contributed by atoms with Crippen molar-refractivity contribution in [3.8, 4) is 0 Å². The Balaban J connectivity index is 2.27. The van der Waals surface area contributed by atoms with Crippen molar-refractivity contribution in [1.82, 2.24) is 10.3 Å². The standard InChI is InChI=1S/C10H21N3O/c1-8-3-5-13(9(2)7-8)6-4-10(14)12-11/h8-9H,3-7,11H2,1-2H3,(H,12,14).